The number of benzene rings is 2. The molecule has 1 aliphatic rings. The van der Waals surface area contributed by atoms with Crippen molar-refractivity contribution in [3.05, 3.63) is 76.6 Å². The number of ether oxygens (including phenoxy) is 1. The number of sulfonamides is 1. The van der Waals surface area contributed by atoms with Crippen molar-refractivity contribution >= 4 is 15.9 Å². The molecule has 9 nitrogen and oxygen atoms in total. The maximum atomic E-state index is 12.6. The van der Waals surface area contributed by atoms with Crippen LogP contribution in [0.1, 0.15) is 30.1 Å². The van der Waals surface area contributed by atoms with Crippen molar-refractivity contribution < 1.29 is 17.9 Å². The number of carbonyl (C=O) groups is 1. The van der Waals surface area contributed by atoms with E-state index in [1.165, 1.54) is 39.3 Å². The molecule has 3 aromatic rings. The third-order valence-corrected chi connectivity index (χ3v) is 7.67. The number of rotatable bonds is 9. The number of carbonyl (C=O) groups excluding carboxylic acids is 1. The van der Waals surface area contributed by atoms with E-state index in [2.05, 4.69) is 10.4 Å². The molecule has 2 heterocycles. The minimum absolute atomic E-state index is 0.179. The maximum Gasteiger partial charge on any atom is 0.266 e. The van der Waals surface area contributed by atoms with Crippen molar-refractivity contribution in [1.29, 1.82) is 0 Å². The lowest BCUT2D eigenvalue weighted by Gasteiger charge is -2.15. The van der Waals surface area contributed by atoms with Crippen LogP contribution in [0.2, 0.25) is 0 Å². The predicted octanol–water partition coefficient (Wildman–Crippen LogP) is 2.52. The summed E-state index contributed by atoms with van der Waals surface area (Å²) in [5.41, 5.74) is 1.54. The third-order valence-electron chi connectivity index (χ3n) is 5.76. The fraction of sp³-hybridized carbons (Fsp3) is 0.320. The molecule has 35 heavy (non-hydrogen) atoms. The number of aromatic nitrogens is 2. The first-order valence-electron chi connectivity index (χ1n) is 11.6. The Bertz CT molecular complexity index is 1330. The van der Waals surface area contributed by atoms with Crippen LogP contribution in [0.5, 0.6) is 5.75 Å². The first kappa shape index (κ1) is 24.6. The van der Waals surface area contributed by atoms with Crippen molar-refractivity contribution in [3.8, 4) is 17.0 Å². The highest BCUT2D eigenvalue weighted by atomic mass is 32.2. The number of nitrogens with zero attached hydrogens (tertiary/aromatic N) is 3. The van der Waals surface area contributed by atoms with Crippen molar-refractivity contribution in [2.45, 2.75) is 31.2 Å². The van der Waals surface area contributed by atoms with Gasteiger partial charge in [0.25, 0.3) is 11.5 Å². The van der Waals surface area contributed by atoms with Gasteiger partial charge in [-0.05, 0) is 74.4 Å². The van der Waals surface area contributed by atoms with E-state index in [4.69, 9.17) is 4.74 Å². The van der Waals surface area contributed by atoms with Gasteiger partial charge in [-0.1, -0.05) is 0 Å². The number of hydrogen-bond acceptors (Lipinski definition) is 6. The molecule has 1 saturated heterocycles. The second kappa shape index (κ2) is 10.8. The van der Waals surface area contributed by atoms with E-state index in [9.17, 15) is 18.0 Å². The van der Waals surface area contributed by atoms with Crippen LogP contribution in [0.3, 0.4) is 0 Å². The van der Waals surface area contributed by atoms with Gasteiger partial charge >= 0.3 is 0 Å². The van der Waals surface area contributed by atoms with Crippen LogP contribution in [0.15, 0.2) is 70.4 Å². The molecular weight excluding hydrogens is 468 g/mol. The highest BCUT2D eigenvalue weighted by molar-refractivity contribution is 7.89. The Balaban J connectivity index is 1.37. The second-order valence-corrected chi connectivity index (χ2v) is 10.1. The normalized spacial score (nSPS) is 14.1. The molecule has 2 aromatic carbocycles. The summed E-state index contributed by atoms with van der Waals surface area (Å²) >= 11 is 0. The van der Waals surface area contributed by atoms with Gasteiger partial charge in [-0.3, -0.25) is 9.59 Å². The van der Waals surface area contributed by atoms with Gasteiger partial charge in [-0.2, -0.15) is 9.40 Å². The van der Waals surface area contributed by atoms with Crippen molar-refractivity contribution in [2.24, 2.45) is 0 Å². The van der Waals surface area contributed by atoms with Gasteiger partial charge in [0.2, 0.25) is 10.0 Å². The summed E-state index contributed by atoms with van der Waals surface area (Å²) in [6.45, 7) is 3.92. The van der Waals surface area contributed by atoms with E-state index in [0.717, 1.165) is 24.2 Å². The first-order chi connectivity index (χ1) is 16.9. The summed E-state index contributed by atoms with van der Waals surface area (Å²) < 4.78 is 33.5. The fourth-order valence-electron chi connectivity index (χ4n) is 3.88. The molecule has 1 aromatic heterocycles. The zero-order valence-electron chi connectivity index (χ0n) is 19.5. The highest BCUT2D eigenvalue weighted by Crippen LogP contribution is 2.21. The summed E-state index contributed by atoms with van der Waals surface area (Å²) in [7, 11) is -3.52. The van der Waals surface area contributed by atoms with Crippen LogP contribution in [-0.2, 0) is 16.6 Å². The third kappa shape index (κ3) is 5.77. The summed E-state index contributed by atoms with van der Waals surface area (Å²) in [5.74, 6) is 0.403. The van der Waals surface area contributed by atoms with Gasteiger partial charge < -0.3 is 10.1 Å². The molecule has 0 radical (unpaired) electrons. The van der Waals surface area contributed by atoms with Gasteiger partial charge in [0.1, 0.15) is 5.75 Å². The first-order valence-corrected chi connectivity index (χ1v) is 13.0. The molecule has 0 spiro atoms. The minimum atomic E-state index is -3.52. The topological polar surface area (TPSA) is 111 Å². The molecule has 1 fully saturated rings. The molecule has 0 bridgehead atoms. The standard InChI is InChI=1S/C25H28N4O5S/c1-2-34-21-9-5-19(6-10-21)23-13-14-24(30)29(27-23)18-15-26-25(31)20-7-11-22(12-8-20)35(32,33)28-16-3-4-17-28/h5-14H,2-4,15-18H2,1H3,(H,26,31). The number of hydrogen-bond donors (Lipinski definition) is 1. The molecule has 184 valence electrons. The fourth-order valence-corrected chi connectivity index (χ4v) is 5.40. The Hall–Kier alpha value is -3.50. The van der Waals surface area contributed by atoms with Crippen molar-refractivity contribution in [2.75, 3.05) is 26.2 Å². The van der Waals surface area contributed by atoms with Crippen LogP contribution in [0.25, 0.3) is 11.3 Å². The molecular formula is C25H28N4O5S. The van der Waals surface area contributed by atoms with E-state index in [0.29, 0.717) is 31.0 Å². The molecule has 0 unspecified atom stereocenters. The molecule has 1 amide bonds. The van der Waals surface area contributed by atoms with Crippen LogP contribution in [0.4, 0.5) is 0 Å². The van der Waals surface area contributed by atoms with E-state index in [1.54, 1.807) is 6.07 Å². The molecule has 0 atom stereocenters. The number of amides is 1. The second-order valence-electron chi connectivity index (χ2n) is 8.13. The van der Waals surface area contributed by atoms with Crippen LogP contribution in [0, 0.1) is 0 Å². The van der Waals surface area contributed by atoms with E-state index >= 15 is 0 Å². The SMILES string of the molecule is CCOc1ccc(-c2ccc(=O)n(CCNC(=O)c3ccc(S(=O)(=O)N4CCCC4)cc3)n2)cc1. The highest BCUT2D eigenvalue weighted by Gasteiger charge is 2.27. The summed E-state index contributed by atoms with van der Waals surface area (Å²) in [6, 6.07) is 16.4. The van der Waals surface area contributed by atoms with Gasteiger partial charge in [-0.15, -0.1) is 0 Å². The Labute approximate surface area is 204 Å². The molecule has 0 saturated carbocycles. The summed E-state index contributed by atoms with van der Waals surface area (Å²) in [5, 5.41) is 7.16. The Morgan fingerprint density at radius 2 is 1.69 bits per heavy atom. The van der Waals surface area contributed by atoms with E-state index in [1.807, 2.05) is 31.2 Å². The van der Waals surface area contributed by atoms with Gasteiger partial charge in [0, 0.05) is 36.8 Å². The Kier molecular flexibility index (Phi) is 7.62. The van der Waals surface area contributed by atoms with Crippen molar-refractivity contribution in [1.82, 2.24) is 19.4 Å². The molecule has 0 aliphatic carbocycles. The van der Waals surface area contributed by atoms with Gasteiger partial charge in [0.15, 0.2) is 0 Å². The lowest BCUT2D eigenvalue weighted by Crippen LogP contribution is -2.32. The number of nitrogens with one attached hydrogen (secondary N) is 1. The largest absolute Gasteiger partial charge is 0.494 e. The minimum Gasteiger partial charge on any atom is -0.494 e. The zero-order valence-corrected chi connectivity index (χ0v) is 20.3. The zero-order chi connectivity index (χ0) is 24.8. The summed E-state index contributed by atoms with van der Waals surface area (Å²) in [6.07, 6.45) is 1.72. The average Bonchev–Trinajstić information content (AvgIpc) is 3.42. The quantitative estimate of drug-likeness (QED) is 0.487. The summed E-state index contributed by atoms with van der Waals surface area (Å²) in [4.78, 5) is 24.9. The van der Waals surface area contributed by atoms with Crippen LogP contribution < -0.4 is 15.6 Å². The Morgan fingerprint density at radius 3 is 2.34 bits per heavy atom. The predicted molar refractivity (Wildman–Crippen MR) is 132 cm³/mol. The lowest BCUT2D eigenvalue weighted by atomic mass is 10.1. The molecule has 4 rings (SSSR count). The molecule has 1 aliphatic heterocycles. The Morgan fingerprint density at radius 1 is 1.00 bits per heavy atom. The van der Waals surface area contributed by atoms with Crippen LogP contribution >= 0.6 is 0 Å². The molecule has 1 N–H and O–H groups in total. The monoisotopic (exact) mass is 496 g/mol. The molecule has 10 heteroatoms. The van der Waals surface area contributed by atoms with E-state index in [-0.39, 0.29) is 29.5 Å². The maximum absolute atomic E-state index is 12.6. The van der Waals surface area contributed by atoms with E-state index < -0.39 is 10.0 Å². The van der Waals surface area contributed by atoms with Gasteiger partial charge in [0.05, 0.1) is 23.7 Å². The lowest BCUT2D eigenvalue weighted by molar-refractivity contribution is 0.0951. The van der Waals surface area contributed by atoms with Gasteiger partial charge in [-0.25, -0.2) is 13.1 Å². The smallest absolute Gasteiger partial charge is 0.266 e. The van der Waals surface area contributed by atoms with Crippen molar-refractivity contribution in [3.63, 3.8) is 0 Å². The average molecular weight is 497 g/mol. The van der Waals surface area contributed by atoms with Crippen LogP contribution in [-0.4, -0.2) is 54.7 Å².